The van der Waals surface area contributed by atoms with Gasteiger partial charge in [-0.1, -0.05) is 54.6 Å². The van der Waals surface area contributed by atoms with Gasteiger partial charge in [0.05, 0.1) is 18.3 Å². The number of carboxylic acids is 1. The van der Waals surface area contributed by atoms with Crippen LogP contribution < -0.4 is 9.57 Å². The highest BCUT2D eigenvalue weighted by Crippen LogP contribution is 2.37. The van der Waals surface area contributed by atoms with Crippen molar-refractivity contribution < 1.29 is 35.5 Å². The predicted molar refractivity (Wildman–Crippen MR) is 152 cm³/mol. The monoisotopic (exact) mass is 587 g/mol. The minimum atomic E-state index is -4.28. The van der Waals surface area contributed by atoms with E-state index in [4.69, 9.17) is 4.74 Å². The van der Waals surface area contributed by atoms with Gasteiger partial charge < -0.3 is 9.84 Å². The molecule has 0 aromatic heterocycles. The zero-order valence-corrected chi connectivity index (χ0v) is 24.2. The van der Waals surface area contributed by atoms with Crippen molar-refractivity contribution in [2.24, 2.45) is 5.92 Å². The fourth-order valence-electron chi connectivity index (χ4n) is 5.43. The first-order chi connectivity index (χ1) is 18.9. The van der Waals surface area contributed by atoms with Crippen molar-refractivity contribution in [1.29, 1.82) is 0 Å². The molecular weight excluding hydrogens is 552 g/mol. The van der Waals surface area contributed by atoms with Crippen molar-refractivity contribution in [1.82, 2.24) is 4.83 Å². The molecular formula is C29H35N2O7S2+. The maximum Gasteiger partial charge on any atom is 0.313 e. The first-order valence-corrected chi connectivity index (χ1v) is 16.4. The van der Waals surface area contributed by atoms with Gasteiger partial charge in [-0.05, 0) is 59.0 Å². The number of rotatable bonds is 11. The molecule has 9 nitrogen and oxygen atoms in total. The number of nitrogens with one attached hydrogen (secondary N) is 1. The van der Waals surface area contributed by atoms with Crippen LogP contribution in [-0.2, 0) is 31.4 Å². The molecule has 1 atom stereocenters. The van der Waals surface area contributed by atoms with E-state index < -0.39 is 36.1 Å². The van der Waals surface area contributed by atoms with Crippen LogP contribution in [0.2, 0.25) is 0 Å². The van der Waals surface area contributed by atoms with Crippen LogP contribution in [0, 0.1) is 5.92 Å². The predicted octanol–water partition coefficient (Wildman–Crippen LogP) is 4.57. The molecule has 0 bridgehead atoms. The summed E-state index contributed by atoms with van der Waals surface area (Å²) in [7, 11) is -6.75. The summed E-state index contributed by atoms with van der Waals surface area (Å²) >= 11 is 0. The van der Waals surface area contributed by atoms with Gasteiger partial charge in [-0.25, -0.2) is 8.42 Å². The van der Waals surface area contributed by atoms with E-state index in [0.29, 0.717) is 37.0 Å². The molecule has 4 rings (SSSR count). The summed E-state index contributed by atoms with van der Waals surface area (Å²) in [6, 6.07) is 22.0. The molecule has 1 saturated carbocycles. The SMILES string of the molecule is COc1ccc(-c2ccc(S(=O)(=O)N[N+](Cc3ccccc3)(C3CCC(CC(=O)O)CC3)S(C)(=O)=O)cc2)cc1. The molecule has 2 N–H and O–H groups in total. The third-order valence-electron chi connectivity index (χ3n) is 7.58. The lowest BCUT2D eigenvalue weighted by Crippen LogP contribution is -2.67. The van der Waals surface area contributed by atoms with Gasteiger partial charge in [0.25, 0.3) is 10.0 Å². The standard InChI is InChI=1S/C29H34N2O7S2/c1-38-27-16-10-24(11-17-27)25-12-18-28(19-13-25)40(36,37)30-31(39(2,34)35,21-23-6-4-3-5-7-23)26-14-8-22(9-15-26)20-29(32)33/h3-7,10-13,16-19,22,26,30H,8-9,14-15,20-21H2,1-2H3/p+1. The Kier molecular flexibility index (Phi) is 8.99. The van der Waals surface area contributed by atoms with Crippen LogP contribution in [0.25, 0.3) is 11.1 Å². The van der Waals surface area contributed by atoms with E-state index in [-0.39, 0.29) is 23.8 Å². The average Bonchev–Trinajstić information content (AvgIpc) is 2.93. The lowest BCUT2D eigenvalue weighted by atomic mass is 9.84. The molecule has 1 unspecified atom stereocenters. The highest BCUT2D eigenvalue weighted by atomic mass is 32.2. The Labute approximate surface area is 236 Å². The second kappa shape index (κ2) is 12.1. The Balaban J connectivity index is 1.68. The quantitative estimate of drug-likeness (QED) is 0.249. The Bertz CT molecular complexity index is 1520. The fourth-order valence-corrected chi connectivity index (χ4v) is 8.62. The van der Waals surface area contributed by atoms with Gasteiger partial charge in [-0.15, -0.1) is 4.00 Å². The highest BCUT2D eigenvalue weighted by molar-refractivity contribution is 7.90. The first-order valence-electron chi connectivity index (χ1n) is 13.1. The number of hydrogen-bond acceptors (Lipinski definition) is 6. The van der Waals surface area contributed by atoms with Crippen LogP contribution >= 0.6 is 0 Å². The molecule has 11 heteroatoms. The smallest absolute Gasteiger partial charge is 0.313 e. The molecule has 3 aromatic rings. The minimum Gasteiger partial charge on any atom is -0.497 e. The van der Waals surface area contributed by atoms with Gasteiger partial charge in [0.2, 0.25) is 0 Å². The van der Waals surface area contributed by atoms with E-state index in [1.54, 1.807) is 43.5 Å². The first kappa shape index (κ1) is 29.7. The van der Waals surface area contributed by atoms with Crippen molar-refractivity contribution in [2.75, 3.05) is 13.4 Å². The number of carboxylic acid groups (broad SMARTS) is 1. The minimum absolute atomic E-state index is 0.0105. The largest absolute Gasteiger partial charge is 0.497 e. The number of benzene rings is 3. The number of carbonyl (C=O) groups is 1. The van der Waals surface area contributed by atoms with Crippen LogP contribution in [0.3, 0.4) is 0 Å². The maximum atomic E-state index is 13.8. The molecule has 1 aliphatic rings. The van der Waals surface area contributed by atoms with Gasteiger partial charge >= 0.3 is 16.0 Å². The molecule has 1 aliphatic carbocycles. The molecule has 0 amide bonds. The fraction of sp³-hybridized carbons (Fsp3) is 0.345. The maximum absolute atomic E-state index is 13.8. The zero-order valence-electron chi connectivity index (χ0n) is 22.6. The summed E-state index contributed by atoms with van der Waals surface area (Å²) in [6.07, 6.45) is 2.80. The van der Waals surface area contributed by atoms with E-state index in [1.807, 2.05) is 30.3 Å². The Morgan fingerprint density at radius 2 is 1.43 bits per heavy atom. The van der Waals surface area contributed by atoms with Crippen LogP contribution in [0.4, 0.5) is 0 Å². The summed E-state index contributed by atoms with van der Waals surface area (Å²) in [5, 5.41) is 9.21. The third kappa shape index (κ3) is 6.72. The van der Waals surface area contributed by atoms with Gasteiger partial charge in [-0.3, -0.25) is 4.79 Å². The second-order valence-electron chi connectivity index (χ2n) is 10.3. The summed E-state index contributed by atoms with van der Waals surface area (Å²) in [5.74, 6) is -0.262. The number of aliphatic carboxylic acids is 1. The summed E-state index contributed by atoms with van der Waals surface area (Å²) in [4.78, 5) is 13.8. The van der Waals surface area contributed by atoms with Gasteiger partial charge in [-0.2, -0.15) is 8.42 Å². The van der Waals surface area contributed by atoms with Crippen molar-refractivity contribution in [3.05, 3.63) is 84.4 Å². The summed E-state index contributed by atoms with van der Waals surface area (Å²) < 4.78 is 59.0. The Morgan fingerprint density at radius 3 is 1.93 bits per heavy atom. The number of sulfonamides is 2. The number of methoxy groups -OCH3 is 1. The number of hydrogen-bond donors (Lipinski definition) is 2. The number of quaternary nitrogens is 1. The highest BCUT2D eigenvalue weighted by Gasteiger charge is 2.51. The Morgan fingerprint density at radius 1 is 0.875 bits per heavy atom. The lowest BCUT2D eigenvalue weighted by Gasteiger charge is -2.43. The van der Waals surface area contributed by atoms with E-state index in [9.17, 15) is 26.7 Å². The zero-order chi connectivity index (χ0) is 29.0. The molecule has 0 saturated heterocycles. The van der Waals surface area contributed by atoms with Gasteiger partial charge in [0.1, 0.15) is 18.3 Å². The van der Waals surface area contributed by atoms with Gasteiger partial charge in [0, 0.05) is 24.8 Å². The van der Waals surface area contributed by atoms with Crippen LogP contribution in [0.15, 0.2) is 83.8 Å². The van der Waals surface area contributed by atoms with E-state index in [0.717, 1.165) is 17.4 Å². The molecule has 214 valence electrons. The molecule has 40 heavy (non-hydrogen) atoms. The van der Waals surface area contributed by atoms with Crippen molar-refractivity contribution in [2.45, 2.75) is 49.6 Å². The molecule has 0 spiro atoms. The van der Waals surface area contributed by atoms with E-state index in [2.05, 4.69) is 4.83 Å². The van der Waals surface area contributed by atoms with Crippen molar-refractivity contribution in [3.8, 4) is 16.9 Å². The topological polar surface area (TPSA) is 127 Å². The number of nitrogens with zero attached hydrogens (tertiary/aromatic N) is 1. The molecule has 1 fully saturated rings. The van der Waals surface area contributed by atoms with E-state index >= 15 is 0 Å². The normalized spacial score (nSPS) is 19.4. The molecule has 3 aromatic carbocycles. The summed E-state index contributed by atoms with van der Waals surface area (Å²) in [5.41, 5.74) is 2.34. The van der Waals surface area contributed by atoms with Crippen LogP contribution in [0.5, 0.6) is 5.75 Å². The number of ether oxygens (including phenoxy) is 1. The average molecular weight is 588 g/mol. The van der Waals surface area contributed by atoms with Crippen LogP contribution in [0.1, 0.15) is 37.7 Å². The van der Waals surface area contributed by atoms with Gasteiger partial charge in [0.15, 0.2) is 0 Å². The lowest BCUT2D eigenvalue weighted by molar-refractivity contribution is -0.878. The molecule has 0 heterocycles. The summed E-state index contributed by atoms with van der Waals surface area (Å²) in [6.45, 7) is -0.100. The molecule has 0 aliphatic heterocycles. The second-order valence-corrected chi connectivity index (χ2v) is 14.1. The van der Waals surface area contributed by atoms with Crippen molar-refractivity contribution in [3.63, 3.8) is 0 Å². The van der Waals surface area contributed by atoms with Crippen molar-refractivity contribution >= 4 is 26.0 Å². The van der Waals surface area contributed by atoms with Crippen LogP contribution in [-0.4, -0.2) is 51.3 Å². The van der Waals surface area contributed by atoms with E-state index in [1.165, 1.54) is 12.1 Å². The Hall–Kier alpha value is -3.25. The third-order valence-corrected chi connectivity index (χ3v) is 10.9. The molecule has 0 radical (unpaired) electrons.